The average Bonchev–Trinajstić information content (AvgIpc) is 2.68. The Morgan fingerprint density at radius 3 is 2.48 bits per heavy atom. The van der Waals surface area contributed by atoms with Gasteiger partial charge in [0.1, 0.15) is 0 Å². The Morgan fingerprint density at radius 1 is 1.29 bits per heavy atom. The molecule has 1 aliphatic rings. The van der Waals surface area contributed by atoms with Gasteiger partial charge >= 0.3 is 0 Å². The Balaban J connectivity index is 2.26. The molecular formula is C16H21BrN2OS. The minimum atomic E-state index is -0.536. The first-order chi connectivity index (χ1) is 9.96. The molecule has 2 rings (SSSR count). The minimum absolute atomic E-state index is 0.111. The van der Waals surface area contributed by atoms with Crippen LogP contribution in [0.3, 0.4) is 0 Å². The fraction of sp³-hybridized carbons (Fsp3) is 0.500. The molecule has 1 amide bonds. The lowest BCUT2D eigenvalue weighted by Gasteiger charge is -2.33. The zero-order valence-corrected chi connectivity index (χ0v) is 14.6. The Labute approximate surface area is 139 Å². The van der Waals surface area contributed by atoms with E-state index in [-0.39, 0.29) is 5.91 Å². The highest BCUT2D eigenvalue weighted by Crippen LogP contribution is 2.29. The molecule has 0 unspecified atom stereocenters. The summed E-state index contributed by atoms with van der Waals surface area (Å²) in [5, 5.41) is 3.12. The number of benzene rings is 1. The quantitative estimate of drug-likeness (QED) is 0.628. The summed E-state index contributed by atoms with van der Waals surface area (Å²) in [4.78, 5) is 13.1. The van der Waals surface area contributed by atoms with Crippen LogP contribution in [0.5, 0.6) is 0 Å². The largest absolute Gasteiger partial charge is 0.391 e. The first-order valence-corrected chi connectivity index (χ1v) is 8.54. The zero-order valence-electron chi connectivity index (χ0n) is 12.2. The Bertz CT molecular complexity index is 551. The van der Waals surface area contributed by atoms with Gasteiger partial charge in [-0.3, -0.25) is 4.79 Å². The average molecular weight is 369 g/mol. The number of carbonyl (C=O) groups is 1. The van der Waals surface area contributed by atoms with Crippen molar-refractivity contribution in [2.45, 2.75) is 51.0 Å². The van der Waals surface area contributed by atoms with Gasteiger partial charge in [0.2, 0.25) is 0 Å². The van der Waals surface area contributed by atoms with Crippen molar-refractivity contribution in [1.82, 2.24) is 5.32 Å². The molecule has 0 bridgehead atoms. The van der Waals surface area contributed by atoms with Crippen LogP contribution in [0.4, 0.5) is 0 Å². The van der Waals surface area contributed by atoms with Gasteiger partial charge < -0.3 is 11.1 Å². The fourth-order valence-corrected chi connectivity index (χ4v) is 3.57. The van der Waals surface area contributed by atoms with E-state index in [2.05, 4.69) is 21.2 Å². The predicted octanol–water partition coefficient (Wildman–Crippen LogP) is 3.87. The van der Waals surface area contributed by atoms with Gasteiger partial charge in [-0.2, -0.15) is 0 Å². The Hall–Kier alpha value is -0.940. The molecule has 1 aliphatic carbocycles. The molecular weight excluding hydrogens is 348 g/mol. The van der Waals surface area contributed by atoms with E-state index < -0.39 is 5.54 Å². The van der Waals surface area contributed by atoms with E-state index >= 15 is 0 Å². The SMILES string of the molecule is Cc1cccc(C(=O)NC2(C(N)=S)CCCCCC2)c1Br. The van der Waals surface area contributed by atoms with Gasteiger partial charge in [0, 0.05) is 4.47 Å². The number of nitrogens with two attached hydrogens (primary N) is 1. The molecule has 3 nitrogen and oxygen atoms in total. The van der Waals surface area contributed by atoms with Gasteiger partial charge in [-0.1, -0.05) is 50.0 Å². The highest BCUT2D eigenvalue weighted by Gasteiger charge is 2.36. The van der Waals surface area contributed by atoms with E-state index in [1.54, 1.807) is 0 Å². The van der Waals surface area contributed by atoms with E-state index in [0.29, 0.717) is 10.6 Å². The van der Waals surface area contributed by atoms with Gasteiger partial charge in [0.25, 0.3) is 5.91 Å². The van der Waals surface area contributed by atoms with E-state index in [0.717, 1.165) is 35.7 Å². The lowest BCUT2D eigenvalue weighted by atomic mass is 9.89. The van der Waals surface area contributed by atoms with Crippen LogP contribution in [0.2, 0.25) is 0 Å². The molecule has 1 aromatic carbocycles. The topological polar surface area (TPSA) is 55.1 Å². The van der Waals surface area contributed by atoms with Crippen molar-refractivity contribution in [3.8, 4) is 0 Å². The molecule has 0 saturated heterocycles. The summed E-state index contributed by atoms with van der Waals surface area (Å²) >= 11 is 8.76. The Kier molecular flexibility index (Phi) is 5.38. The van der Waals surface area contributed by atoms with Crippen molar-refractivity contribution in [1.29, 1.82) is 0 Å². The number of nitrogens with one attached hydrogen (secondary N) is 1. The molecule has 21 heavy (non-hydrogen) atoms. The highest BCUT2D eigenvalue weighted by molar-refractivity contribution is 9.10. The van der Waals surface area contributed by atoms with Crippen LogP contribution in [0.15, 0.2) is 22.7 Å². The molecule has 0 atom stereocenters. The van der Waals surface area contributed by atoms with E-state index in [9.17, 15) is 4.79 Å². The van der Waals surface area contributed by atoms with Gasteiger partial charge in [0.15, 0.2) is 0 Å². The minimum Gasteiger partial charge on any atom is -0.391 e. The molecule has 0 radical (unpaired) electrons. The summed E-state index contributed by atoms with van der Waals surface area (Å²) in [6, 6.07) is 5.67. The first-order valence-electron chi connectivity index (χ1n) is 7.34. The third-order valence-electron chi connectivity index (χ3n) is 4.22. The number of hydrogen-bond donors (Lipinski definition) is 2. The Morgan fingerprint density at radius 2 is 1.90 bits per heavy atom. The van der Waals surface area contributed by atoms with Crippen molar-refractivity contribution in [2.24, 2.45) is 5.73 Å². The summed E-state index contributed by atoms with van der Waals surface area (Å²) in [5.74, 6) is -0.111. The molecule has 5 heteroatoms. The number of hydrogen-bond acceptors (Lipinski definition) is 2. The lowest BCUT2D eigenvalue weighted by molar-refractivity contribution is 0.0916. The second kappa shape index (κ2) is 6.88. The highest BCUT2D eigenvalue weighted by atomic mass is 79.9. The van der Waals surface area contributed by atoms with Crippen LogP contribution in [-0.4, -0.2) is 16.4 Å². The standard InChI is InChI=1S/C16H21BrN2OS/c1-11-7-6-8-12(13(11)17)14(20)19-16(15(18)21)9-4-2-3-5-10-16/h6-8H,2-5,9-10H2,1H3,(H2,18,21)(H,19,20). The van der Waals surface area contributed by atoms with Crippen LogP contribution in [0.25, 0.3) is 0 Å². The maximum Gasteiger partial charge on any atom is 0.253 e. The third kappa shape index (κ3) is 3.64. The van der Waals surface area contributed by atoms with E-state index in [1.807, 2.05) is 25.1 Å². The molecule has 1 fully saturated rings. The van der Waals surface area contributed by atoms with E-state index in [1.165, 1.54) is 12.8 Å². The lowest BCUT2D eigenvalue weighted by Crippen LogP contribution is -2.56. The monoisotopic (exact) mass is 368 g/mol. The first kappa shape index (κ1) is 16.4. The second-order valence-electron chi connectivity index (χ2n) is 5.75. The number of aryl methyl sites for hydroxylation is 1. The predicted molar refractivity (Wildman–Crippen MR) is 93.6 cm³/mol. The van der Waals surface area contributed by atoms with Gasteiger partial charge in [0.05, 0.1) is 16.1 Å². The van der Waals surface area contributed by atoms with Gasteiger partial charge in [-0.15, -0.1) is 0 Å². The number of carbonyl (C=O) groups excluding carboxylic acids is 1. The van der Waals surface area contributed by atoms with E-state index in [4.69, 9.17) is 18.0 Å². The number of amides is 1. The molecule has 0 aromatic heterocycles. The van der Waals surface area contributed by atoms with Crippen molar-refractivity contribution in [3.05, 3.63) is 33.8 Å². The van der Waals surface area contributed by atoms with Crippen molar-refractivity contribution < 1.29 is 4.79 Å². The molecule has 0 aliphatic heterocycles. The van der Waals surface area contributed by atoms with Crippen LogP contribution >= 0.6 is 28.1 Å². The zero-order chi connectivity index (χ0) is 15.5. The summed E-state index contributed by atoms with van der Waals surface area (Å²) in [7, 11) is 0. The normalized spacial score (nSPS) is 17.8. The van der Waals surface area contributed by atoms with Gasteiger partial charge in [-0.25, -0.2) is 0 Å². The molecule has 0 heterocycles. The maximum absolute atomic E-state index is 12.7. The third-order valence-corrected chi connectivity index (χ3v) is 5.66. The van der Waals surface area contributed by atoms with Gasteiger partial charge in [-0.05, 0) is 47.3 Å². The van der Waals surface area contributed by atoms with Crippen molar-refractivity contribution in [3.63, 3.8) is 0 Å². The van der Waals surface area contributed by atoms with Crippen molar-refractivity contribution >= 4 is 39.0 Å². The number of halogens is 1. The van der Waals surface area contributed by atoms with Crippen LogP contribution in [0.1, 0.15) is 54.4 Å². The molecule has 3 N–H and O–H groups in total. The molecule has 0 spiro atoms. The molecule has 1 aromatic rings. The molecule has 114 valence electrons. The summed E-state index contributed by atoms with van der Waals surface area (Å²) in [6.45, 7) is 1.97. The summed E-state index contributed by atoms with van der Waals surface area (Å²) in [5.41, 5.74) is 7.10. The second-order valence-corrected chi connectivity index (χ2v) is 6.98. The number of thiocarbonyl (C=S) groups is 1. The fourth-order valence-electron chi connectivity index (χ4n) is 2.87. The van der Waals surface area contributed by atoms with Crippen molar-refractivity contribution in [2.75, 3.05) is 0 Å². The smallest absolute Gasteiger partial charge is 0.253 e. The van der Waals surface area contributed by atoms with Crippen LogP contribution < -0.4 is 11.1 Å². The van der Waals surface area contributed by atoms with Crippen LogP contribution in [-0.2, 0) is 0 Å². The van der Waals surface area contributed by atoms with Crippen LogP contribution in [0, 0.1) is 6.92 Å². The number of rotatable bonds is 3. The summed E-state index contributed by atoms with van der Waals surface area (Å²) in [6.07, 6.45) is 6.11. The maximum atomic E-state index is 12.7. The summed E-state index contributed by atoms with van der Waals surface area (Å²) < 4.78 is 0.828. The molecule has 1 saturated carbocycles.